The highest BCUT2D eigenvalue weighted by molar-refractivity contribution is 7.11. The van der Waals surface area contributed by atoms with Gasteiger partial charge in [-0.3, -0.25) is 9.59 Å². The van der Waals surface area contributed by atoms with Crippen molar-refractivity contribution < 1.29 is 9.59 Å². The van der Waals surface area contributed by atoms with Gasteiger partial charge in [-0.25, -0.2) is 0 Å². The molecule has 5 rings (SSSR count). The van der Waals surface area contributed by atoms with Crippen molar-refractivity contribution in [2.24, 2.45) is 28.8 Å². The number of carbonyl (C=O) groups excluding carboxylic acids is 2. The van der Waals surface area contributed by atoms with Gasteiger partial charge in [-0.05, 0) is 36.1 Å². The van der Waals surface area contributed by atoms with Crippen molar-refractivity contribution in [1.29, 1.82) is 0 Å². The van der Waals surface area contributed by atoms with E-state index < -0.39 is 0 Å². The molecule has 102 valence electrons. The van der Waals surface area contributed by atoms with Crippen LogP contribution in [0.25, 0.3) is 0 Å². The smallest absolute Gasteiger partial charge is 0.254 e. The maximum atomic E-state index is 12.5. The molecular formula is C15H14N2O2S. The van der Waals surface area contributed by atoms with Gasteiger partial charge < -0.3 is 0 Å². The summed E-state index contributed by atoms with van der Waals surface area (Å²) in [6.45, 7) is 0. The number of thiophene rings is 1. The minimum Gasteiger partial charge on any atom is -0.272 e. The largest absolute Gasteiger partial charge is 0.272 e. The first-order valence-corrected chi connectivity index (χ1v) is 7.77. The predicted octanol–water partition coefficient (Wildman–Crippen LogP) is 2.28. The predicted molar refractivity (Wildman–Crippen MR) is 76.1 cm³/mol. The fourth-order valence-corrected chi connectivity index (χ4v) is 4.23. The van der Waals surface area contributed by atoms with Crippen molar-refractivity contribution in [1.82, 2.24) is 5.01 Å². The number of rotatable bonds is 2. The number of hydrogen-bond acceptors (Lipinski definition) is 4. The Bertz CT molecular complexity index is 588. The molecule has 4 atom stereocenters. The number of hydrazone groups is 1. The maximum absolute atomic E-state index is 12.5. The highest BCUT2D eigenvalue weighted by Crippen LogP contribution is 2.49. The Morgan fingerprint density at radius 3 is 2.30 bits per heavy atom. The van der Waals surface area contributed by atoms with Crippen LogP contribution in [-0.2, 0) is 9.59 Å². The monoisotopic (exact) mass is 286 g/mol. The van der Waals surface area contributed by atoms with Gasteiger partial charge in [-0.2, -0.15) is 10.1 Å². The average Bonchev–Trinajstić information content (AvgIpc) is 3.08. The van der Waals surface area contributed by atoms with E-state index in [2.05, 4.69) is 17.3 Å². The van der Waals surface area contributed by atoms with Gasteiger partial charge in [0.05, 0.1) is 18.1 Å². The fourth-order valence-electron chi connectivity index (χ4n) is 3.65. The second-order valence-electron chi connectivity index (χ2n) is 5.59. The highest BCUT2D eigenvalue weighted by Gasteiger charge is 2.56. The molecular weight excluding hydrogens is 272 g/mol. The molecule has 5 heteroatoms. The number of allylic oxidation sites excluding steroid dienone is 2. The summed E-state index contributed by atoms with van der Waals surface area (Å²) in [5, 5.41) is 7.19. The Morgan fingerprint density at radius 1 is 1.15 bits per heavy atom. The van der Waals surface area contributed by atoms with Crippen molar-refractivity contribution in [3.63, 3.8) is 0 Å². The van der Waals surface area contributed by atoms with E-state index in [0.717, 1.165) is 22.7 Å². The van der Waals surface area contributed by atoms with Crippen molar-refractivity contribution in [2.45, 2.75) is 12.8 Å². The lowest BCUT2D eigenvalue weighted by Crippen LogP contribution is -2.38. The first kappa shape index (κ1) is 12.0. The molecule has 2 bridgehead atoms. The molecule has 2 fully saturated rings. The summed E-state index contributed by atoms with van der Waals surface area (Å²) >= 11 is 1.54. The normalized spacial score (nSPS) is 35.3. The Kier molecular flexibility index (Phi) is 2.63. The van der Waals surface area contributed by atoms with E-state index in [9.17, 15) is 9.59 Å². The van der Waals surface area contributed by atoms with E-state index in [1.54, 1.807) is 6.21 Å². The third kappa shape index (κ3) is 1.62. The Hall–Kier alpha value is -1.75. The minimum absolute atomic E-state index is 0.119. The van der Waals surface area contributed by atoms with Gasteiger partial charge in [0.1, 0.15) is 0 Å². The zero-order valence-electron chi connectivity index (χ0n) is 10.8. The first-order valence-electron chi connectivity index (χ1n) is 6.89. The van der Waals surface area contributed by atoms with E-state index in [-0.39, 0.29) is 35.5 Å². The first-order chi connectivity index (χ1) is 9.75. The number of fused-ring (bicyclic) bond motifs is 1. The third-order valence-electron chi connectivity index (χ3n) is 4.58. The number of amides is 2. The topological polar surface area (TPSA) is 49.7 Å². The number of imide groups is 1. The van der Waals surface area contributed by atoms with E-state index in [4.69, 9.17) is 0 Å². The van der Waals surface area contributed by atoms with Crippen molar-refractivity contribution >= 4 is 29.4 Å². The lowest BCUT2D eigenvalue weighted by atomic mass is 9.63. The van der Waals surface area contributed by atoms with Crippen molar-refractivity contribution in [3.8, 4) is 0 Å². The van der Waals surface area contributed by atoms with Crippen LogP contribution in [0.3, 0.4) is 0 Å². The Labute approximate surface area is 120 Å². The molecule has 1 aromatic heterocycles. The van der Waals surface area contributed by atoms with Gasteiger partial charge in [-0.15, -0.1) is 11.3 Å². The van der Waals surface area contributed by atoms with E-state index in [0.29, 0.717) is 0 Å². The molecule has 1 saturated heterocycles. The molecule has 0 N–H and O–H groups in total. The molecule has 0 radical (unpaired) electrons. The van der Waals surface area contributed by atoms with Crippen LogP contribution in [0.5, 0.6) is 0 Å². The fraction of sp³-hybridized carbons (Fsp3) is 0.400. The lowest BCUT2D eigenvalue weighted by molar-refractivity contribution is -0.140. The van der Waals surface area contributed by atoms with Gasteiger partial charge in [-0.1, -0.05) is 18.2 Å². The molecule has 1 aliphatic heterocycles. The van der Waals surface area contributed by atoms with Crippen LogP contribution < -0.4 is 0 Å². The quantitative estimate of drug-likeness (QED) is 0.476. The molecule has 2 amide bonds. The van der Waals surface area contributed by atoms with E-state index in [1.165, 1.54) is 11.3 Å². The van der Waals surface area contributed by atoms with Crippen LogP contribution in [0.15, 0.2) is 34.8 Å². The summed E-state index contributed by atoms with van der Waals surface area (Å²) in [5.74, 6) is -0.135. The SMILES string of the molecule is O=C1C2C3C=CC(CC3)C2C(=O)N1/N=C/c1cccs1. The van der Waals surface area contributed by atoms with Gasteiger partial charge >= 0.3 is 0 Å². The molecule has 20 heavy (non-hydrogen) atoms. The highest BCUT2D eigenvalue weighted by atomic mass is 32.1. The number of carbonyl (C=O) groups is 2. The van der Waals surface area contributed by atoms with Crippen LogP contribution in [0.4, 0.5) is 0 Å². The van der Waals surface area contributed by atoms with Crippen LogP contribution in [0.1, 0.15) is 17.7 Å². The zero-order valence-corrected chi connectivity index (χ0v) is 11.6. The summed E-state index contributed by atoms with van der Waals surface area (Å²) in [5.41, 5.74) is 0. The Morgan fingerprint density at radius 2 is 1.80 bits per heavy atom. The number of hydrogen-bond donors (Lipinski definition) is 0. The average molecular weight is 286 g/mol. The molecule has 1 aromatic rings. The van der Waals surface area contributed by atoms with Crippen LogP contribution in [0, 0.1) is 23.7 Å². The minimum atomic E-state index is -0.174. The summed E-state index contributed by atoms with van der Waals surface area (Å²) in [7, 11) is 0. The van der Waals surface area contributed by atoms with Gasteiger partial charge in [0.15, 0.2) is 0 Å². The number of nitrogens with zero attached hydrogens (tertiary/aromatic N) is 2. The van der Waals surface area contributed by atoms with Crippen LogP contribution in [-0.4, -0.2) is 23.0 Å². The molecule has 4 nitrogen and oxygen atoms in total. The van der Waals surface area contributed by atoms with E-state index >= 15 is 0 Å². The summed E-state index contributed by atoms with van der Waals surface area (Å²) in [6.07, 6.45) is 7.88. The van der Waals surface area contributed by atoms with Crippen molar-refractivity contribution in [2.75, 3.05) is 0 Å². The third-order valence-corrected chi connectivity index (χ3v) is 5.39. The second kappa shape index (κ2) is 4.38. The zero-order chi connectivity index (χ0) is 13.7. The van der Waals surface area contributed by atoms with Gasteiger partial charge in [0, 0.05) is 4.88 Å². The standard InChI is InChI=1S/C15H14N2O2S/c18-14-12-9-3-4-10(6-5-9)13(12)15(19)17(14)16-8-11-2-1-7-20-11/h1-4,7-10,12-13H,5-6H2/b16-8+. The maximum Gasteiger partial charge on any atom is 0.254 e. The van der Waals surface area contributed by atoms with E-state index in [1.807, 2.05) is 17.5 Å². The lowest BCUT2D eigenvalue weighted by Gasteiger charge is -2.37. The molecule has 4 unspecified atom stereocenters. The Balaban J connectivity index is 1.64. The van der Waals surface area contributed by atoms with Crippen LogP contribution in [0.2, 0.25) is 0 Å². The molecule has 1 saturated carbocycles. The molecule has 0 aromatic carbocycles. The van der Waals surface area contributed by atoms with Crippen molar-refractivity contribution in [3.05, 3.63) is 34.5 Å². The second-order valence-corrected chi connectivity index (χ2v) is 6.57. The summed E-state index contributed by atoms with van der Waals surface area (Å²) in [4.78, 5) is 25.9. The summed E-state index contributed by atoms with van der Waals surface area (Å²) < 4.78 is 0. The molecule has 2 heterocycles. The van der Waals surface area contributed by atoms with Gasteiger partial charge in [0.2, 0.25) is 0 Å². The summed E-state index contributed by atoms with van der Waals surface area (Å²) in [6, 6.07) is 3.83. The molecule has 0 spiro atoms. The van der Waals surface area contributed by atoms with Crippen LogP contribution >= 0.6 is 11.3 Å². The molecule has 3 aliphatic carbocycles. The molecule has 4 aliphatic rings. The van der Waals surface area contributed by atoms with Gasteiger partial charge in [0.25, 0.3) is 11.8 Å².